The molecule has 0 radical (unpaired) electrons. The van der Waals surface area contributed by atoms with Crippen LogP contribution in [0, 0.1) is 6.92 Å². The molecule has 0 unspecified atom stereocenters. The molecule has 0 aliphatic heterocycles. The standard InChI is InChI=1S/C20H16N2/c1-15-21-19-12-5-6-13-20(19)22(15)18-11-7-10-17(14-18)16-8-3-2-4-9-16/h2-14H,1H3. The van der Waals surface area contributed by atoms with Crippen molar-refractivity contribution >= 4 is 11.0 Å². The fourth-order valence-electron chi connectivity index (χ4n) is 2.93. The average Bonchev–Trinajstić information content (AvgIpc) is 2.91. The van der Waals surface area contributed by atoms with E-state index in [1.807, 2.05) is 12.1 Å². The first kappa shape index (κ1) is 12.8. The molecule has 0 spiro atoms. The Bertz CT molecular complexity index is 936. The number of nitrogens with zero attached hydrogens (tertiary/aromatic N) is 2. The highest BCUT2D eigenvalue weighted by Crippen LogP contribution is 2.25. The van der Waals surface area contributed by atoms with Crippen molar-refractivity contribution in [3.8, 4) is 16.8 Å². The lowest BCUT2D eigenvalue weighted by Gasteiger charge is -2.09. The number of aromatic nitrogens is 2. The monoisotopic (exact) mass is 284 g/mol. The molecule has 0 saturated carbocycles. The molecule has 3 aromatic carbocycles. The van der Waals surface area contributed by atoms with Crippen LogP contribution in [-0.4, -0.2) is 9.55 Å². The largest absolute Gasteiger partial charge is 0.297 e. The lowest BCUT2D eigenvalue weighted by atomic mass is 10.1. The van der Waals surface area contributed by atoms with Gasteiger partial charge in [-0.25, -0.2) is 4.98 Å². The third kappa shape index (κ3) is 2.09. The summed E-state index contributed by atoms with van der Waals surface area (Å²) in [7, 11) is 0. The van der Waals surface area contributed by atoms with Crippen LogP contribution >= 0.6 is 0 Å². The number of hydrogen-bond donors (Lipinski definition) is 0. The molecular weight excluding hydrogens is 268 g/mol. The van der Waals surface area contributed by atoms with Crippen molar-refractivity contribution in [3.63, 3.8) is 0 Å². The van der Waals surface area contributed by atoms with Crippen LogP contribution in [0.5, 0.6) is 0 Å². The maximum absolute atomic E-state index is 4.65. The van der Waals surface area contributed by atoms with E-state index >= 15 is 0 Å². The topological polar surface area (TPSA) is 17.8 Å². The van der Waals surface area contributed by atoms with E-state index in [0.717, 1.165) is 22.5 Å². The first-order valence-electron chi connectivity index (χ1n) is 7.43. The molecule has 0 aliphatic carbocycles. The lowest BCUT2D eigenvalue weighted by molar-refractivity contribution is 1.00. The fourth-order valence-corrected chi connectivity index (χ4v) is 2.93. The van der Waals surface area contributed by atoms with E-state index in [1.165, 1.54) is 11.1 Å². The third-order valence-corrected chi connectivity index (χ3v) is 3.94. The molecular formula is C20H16N2. The van der Waals surface area contributed by atoms with Crippen molar-refractivity contribution < 1.29 is 0 Å². The first-order valence-corrected chi connectivity index (χ1v) is 7.43. The lowest BCUT2D eigenvalue weighted by Crippen LogP contribution is -1.97. The van der Waals surface area contributed by atoms with Crippen molar-refractivity contribution in [2.45, 2.75) is 6.92 Å². The SMILES string of the molecule is Cc1nc2ccccc2n1-c1cccc(-c2ccccc2)c1. The van der Waals surface area contributed by atoms with Crippen LogP contribution in [0.25, 0.3) is 27.8 Å². The van der Waals surface area contributed by atoms with E-state index in [1.54, 1.807) is 0 Å². The van der Waals surface area contributed by atoms with Crippen molar-refractivity contribution in [1.29, 1.82) is 0 Å². The molecule has 4 aromatic rings. The molecule has 0 atom stereocenters. The first-order chi connectivity index (χ1) is 10.8. The molecule has 0 aliphatic rings. The maximum atomic E-state index is 4.65. The summed E-state index contributed by atoms with van der Waals surface area (Å²) in [5.74, 6) is 1.01. The van der Waals surface area contributed by atoms with Crippen molar-refractivity contribution in [3.05, 3.63) is 84.7 Å². The molecule has 1 aromatic heterocycles. The minimum atomic E-state index is 1.01. The van der Waals surface area contributed by atoms with Gasteiger partial charge in [-0.1, -0.05) is 54.6 Å². The van der Waals surface area contributed by atoms with E-state index in [-0.39, 0.29) is 0 Å². The van der Waals surface area contributed by atoms with E-state index in [9.17, 15) is 0 Å². The van der Waals surface area contributed by atoms with Crippen molar-refractivity contribution in [2.24, 2.45) is 0 Å². The van der Waals surface area contributed by atoms with E-state index in [4.69, 9.17) is 0 Å². The van der Waals surface area contributed by atoms with Gasteiger partial charge in [0.1, 0.15) is 5.82 Å². The van der Waals surface area contributed by atoms with Crippen LogP contribution in [-0.2, 0) is 0 Å². The zero-order valence-corrected chi connectivity index (χ0v) is 12.4. The number of benzene rings is 3. The number of para-hydroxylation sites is 2. The van der Waals surface area contributed by atoms with Crippen LogP contribution < -0.4 is 0 Å². The Kier molecular flexibility index (Phi) is 3.01. The number of imidazole rings is 1. The second-order valence-corrected chi connectivity index (χ2v) is 5.40. The summed E-state index contributed by atoms with van der Waals surface area (Å²) in [4.78, 5) is 4.65. The van der Waals surface area contributed by atoms with Crippen LogP contribution in [0.1, 0.15) is 5.82 Å². The minimum absolute atomic E-state index is 1.01. The van der Waals surface area contributed by atoms with E-state index < -0.39 is 0 Å². The van der Waals surface area contributed by atoms with Gasteiger partial charge in [-0.2, -0.15) is 0 Å². The Balaban J connectivity index is 1.91. The van der Waals surface area contributed by atoms with Gasteiger partial charge in [0.15, 0.2) is 0 Å². The zero-order valence-electron chi connectivity index (χ0n) is 12.4. The summed E-state index contributed by atoms with van der Waals surface area (Å²) in [5.41, 5.74) is 5.77. The van der Waals surface area contributed by atoms with Crippen LogP contribution in [0.2, 0.25) is 0 Å². The van der Waals surface area contributed by atoms with Crippen molar-refractivity contribution in [2.75, 3.05) is 0 Å². The Hall–Kier alpha value is -2.87. The molecule has 0 N–H and O–H groups in total. The summed E-state index contributed by atoms with van der Waals surface area (Å²) >= 11 is 0. The summed E-state index contributed by atoms with van der Waals surface area (Å²) < 4.78 is 2.21. The Morgan fingerprint density at radius 3 is 2.32 bits per heavy atom. The maximum Gasteiger partial charge on any atom is 0.111 e. The van der Waals surface area contributed by atoms with Crippen LogP contribution in [0.4, 0.5) is 0 Å². The fraction of sp³-hybridized carbons (Fsp3) is 0.0500. The quantitative estimate of drug-likeness (QED) is 0.506. The van der Waals surface area contributed by atoms with Crippen LogP contribution in [0.3, 0.4) is 0 Å². The molecule has 1 heterocycles. The second-order valence-electron chi connectivity index (χ2n) is 5.40. The highest BCUT2D eigenvalue weighted by molar-refractivity contribution is 5.79. The Morgan fingerprint density at radius 1 is 0.727 bits per heavy atom. The molecule has 0 fully saturated rings. The van der Waals surface area contributed by atoms with Gasteiger partial charge < -0.3 is 0 Å². The summed E-state index contributed by atoms with van der Waals surface area (Å²) in [6.45, 7) is 2.05. The predicted octanol–water partition coefficient (Wildman–Crippen LogP) is 5.00. The van der Waals surface area contributed by atoms with Gasteiger partial charge in [0, 0.05) is 5.69 Å². The molecule has 4 rings (SSSR count). The van der Waals surface area contributed by atoms with E-state index in [2.05, 4.69) is 83.2 Å². The smallest absolute Gasteiger partial charge is 0.111 e. The molecule has 2 nitrogen and oxygen atoms in total. The van der Waals surface area contributed by atoms with Crippen LogP contribution in [0.15, 0.2) is 78.9 Å². The summed E-state index contributed by atoms with van der Waals surface area (Å²) in [6.07, 6.45) is 0. The van der Waals surface area contributed by atoms with Gasteiger partial charge in [-0.3, -0.25) is 4.57 Å². The van der Waals surface area contributed by atoms with Gasteiger partial charge in [0.2, 0.25) is 0 Å². The molecule has 0 amide bonds. The second kappa shape index (κ2) is 5.15. The van der Waals surface area contributed by atoms with E-state index in [0.29, 0.717) is 0 Å². The third-order valence-electron chi connectivity index (χ3n) is 3.94. The predicted molar refractivity (Wildman–Crippen MR) is 91.2 cm³/mol. The normalized spacial score (nSPS) is 11.0. The van der Waals surface area contributed by atoms with Gasteiger partial charge in [-0.05, 0) is 42.3 Å². The molecule has 106 valence electrons. The number of aryl methyl sites for hydroxylation is 1. The Morgan fingerprint density at radius 2 is 1.45 bits per heavy atom. The zero-order chi connectivity index (χ0) is 14.9. The Labute approximate surface area is 129 Å². The number of fused-ring (bicyclic) bond motifs is 1. The highest BCUT2D eigenvalue weighted by Gasteiger charge is 2.09. The van der Waals surface area contributed by atoms with Gasteiger partial charge in [0.05, 0.1) is 11.0 Å². The molecule has 22 heavy (non-hydrogen) atoms. The molecule has 0 bridgehead atoms. The summed E-state index contributed by atoms with van der Waals surface area (Å²) in [5, 5.41) is 0. The highest BCUT2D eigenvalue weighted by atomic mass is 15.1. The number of rotatable bonds is 2. The van der Waals surface area contributed by atoms with Gasteiger partial charge >= 0.3 is 0 Å². The van der Waals surface area contributed by atoms with Gasteiger partial charge in [-0.15, -0.1) is 0 Å². The van der Waals surface area contributed by atoms with Crippen molar-refractivity contribution in [1.82, 2.24) is 9.55 Å². The minimum Gasteiger partial charge on any atom is -0.297 e. The molecule has 0 saturated heterocycles. The number of hydrogen-bond acceptors (Lipinski definition) is 1. The molecule has 2 heteroatoms. The van der Waals surface area contributed by atoms with Gasteiger partial charge in [0.25, 0.3) is 0 Å². The average molecular weight is 284 g/mol. The summed E-state index contributed by atoms with van der Waals surface area (Å²) in [6, 6.07) is 27.3.